The topological polar surface area (TPSA) is 82.8 Å². The fourth-order valence-corrected chi connectivity index (χ4v) is 3.95. The van der Waals surface area contributed by atoms with Gasteiger partial charge in [-0.05, 0) is 48.9 Å². The predicted octanol–water partition coefficient (Wildman–Crippen LogP) is 2.32. The first-order valence-electron chi connectivity index (χ1n) is 8.91. The summed E-state index contributed by atoms with van der Waals surface area (Å²) in [5, 5.41) is 5.02. The molecule has 4 rings (SSSR count). The Hall–Kier alpha value is -2.74. The lowest BCUT2D eigenvalue weighted by Crippen LogP contribution is -2.18. The average molecular weight is 385 g/mol. The maximum atomic E-state index is 12.1. The molecular weight excluding hydrogens is 366 g/mol. The van der Waals surface area contributed by atoms with Gasteiger partial charge in [-0.15, -0.1) is 0 Å². The van der Waals surface area contributed by atoms with Crippen molar-refractivity contribution in [3.63, 3.8) is 0 Å². The fourth-order valence-electron chi connectivity index (χ4n) is 3.09. The van der Waals surface area contributed by atoms with Crippen LogP contribution in [0.5, 0.6) is 5.75 Å². The van der Waals surface area contributed by atoms with Crippen molar-refractivity contribution in [2.45, 2.75) is 39.2 Å². The van der Waals surface area contributed by atoms with Crippen LogP contribution < -0.4 is 10.3 Å². The molecule has 27 heavy (non-hydrogen) atoms. The summed E-state index contributed by atoms with van der Waals surface area (Å²) in [4.78, 5) is 28.9. The van der Waals surface area contributed by atoms with E-state index in [0.717, 1.165) is 30.7 Å². The molecule has 1 aliphatic rings. The van der Waals surface area contributed by atoms with Crippen LogP contribution in [-0.4, -0.2) is 27.2 Å². The zero-order chi connectivity index (χ0) is 18.8. The highest BCUT2D eigenvalue weighted by molar-refractivity contribution is 7.16. The summed E-state index contributed by atoms with van der Waals surface area (Å²) in [6, 6.07) is 7.25. The number of carbonyl (C=O) groups excluding carboxylic acids is 1. The summed E-state index contributed by atoms with van der Waals surface area (Å²) in [6.07, 6.45) is 4.06. The van der Waals surface area contributed by atoms with E-state index in [0.29, 0.717) is 16.4 Å². The molecule has 2 aromatic heterocycles. The summed E-state index contributed by atoms with van der Waals surface area (Å²) in [5.74, 6) is 0.165. The third-order valence-corrected chi connectivity index (χ3v) is 5.50. The number of hydrogen-bond donors (Lipinski definition) is 0. The van der Waals surface area contributed by atoms with Gasteiger partial charge in [-0.25, -0.2) is 9.78 Å². The molecule has 0 saturated heterocycles. The zero-order valence-electron chi connectivity index (χ0n) is 14.9. The Morgan fingerprint density at radius 2 is 2.11 bits per heavy atom. The number of ether oxygens (including phenoxy) is 2. The molecule has 3 aromatic rings. The summed E-state index contributed by atoms with van der Waals surface area (Å²) in [7, 11) is 0. The fraction of sp³-hybridized carbons (Fsp3) is 0.368. The molecule has 1 aliphatic carbocycles. The van der Waals surface area contributed by atoms with Crippen molar-refractivity contribution in [3.05, 3.63) is 56.4 Å². The molecular formula is C19H19N3O4S. The predicted molar refractivity (Wildman–Crippen MR) is 100 cm³/mol. The van der Waals surface area contributed by atoms with Crippen molar-refractivity contribution in [1.82, 2.24) is 14.6 Å². The third kappa shape index (κ3) is 3.85. The summed E-state index contributed by atoms with van der Waals surface area (Å²) in [6.45, 7) is 1.71. The summed E-state index contributed by atoms with van der Waals surface area (Å²) >= 11 is 1.35. The van der Waals surface area contributed by atoms with Gasteiger partial charge in [-0.3, -0.25) is 4.79 Å². The average Bonchev–Trinajstić information content (AvgIpc) is 3.30. The van der Waals surface area contributed by atoms with Crippen molar-refractivity contribution in [3.8, 4) is 5.75 Å². The number of aromatic nitrogens is 3. The Kier molecular flexibility index (Phi) is 4.89. The van der Waals surface area contributed by atoms with E-state index in [1.54, 1.807) is 0 Å². The van der Waals surface area contributed by atoms with Gasteiger partial charge >= 0.3 is 5.97 Å². The van der Waals surface area contributed by atoms with E-state index in [2.05, 4.69) is 16.1 Å². The van der Waals surface area contributed by atoms with E-state index in [9.17, 15) is 9.59 Å². The lowest BCUT2D eigenvalue weighted by atomic mass is 10.1. The van der Waals surface area contributed by atoms with Crippen molar-refractivity contribution in [1.29, 1.82) is 0 Å². The quantitative estimate of drug-likeness (QED) is 0.606. The van der Waals surface area contributed by atoms with Crippen molar-refractivity contribution in [2.24, 2.45) is 0 Å². The number of benzene rings is 1. The molecule has 0 N–H and O–H groups in total. The first-order valence-corrected chi connectivity index (χ1v) is 9.73. The molecule has 0 atom stereocenters. The first kappa shape index (κ1) is 17.7. The molecule has 0 saturated carbocycles. The number of esters is 1. The molecule has 7 nitrogen and oxygen atoms in total. The molecule has 0 unspecified atom stereocenters. The standard InChI is InChI=1S/C19H19N3O4S/c1-2-16-21-22-17(23)9-14(20-19(22)27-16)10-26-18(24)11-25-15-7-6-12-4-3-5-13(12)8-15/h6-9H,2-5,10-11H2,1H3. The molecule has 8 heteroatoms. The van der Waals surface area contributed by atoms with Gasteiger partial charge in [0.25, 0.3) is 5.56 Å². The Morgan fingerprint density at radius 3 is 2.96 bits per heavy atom. The minimum absolute atomic E-state index is 0.0719. The Labute approximate surface area is 159 Å². The van der Waals surface area contributed by atoms with Gasteiger partial charge in [0.2, 0.25) is 4.96 Å². The number of carbonyl (C=O) groups is 1. The van der Waals surface area contributed by atoms with E-state index in [-0.39, 0.29) is 18.8 Å². The van der Waals surface area contributed by atoms with Crippen LogP contribution in [0.15, 0.2) is 29.1 Å². The summed E-state index contributed by atoms with van der Waals surface area (Å²) in [5.41, 5.74) is 2.76. The highest BCUT2D eigenvalue weighted by atomic mass is 32.1. The van der Waals surface area contributed by atoms with Crippen molar-refractivity contribution in [2.75, 3.05) is 6.61 Å². The molecule has 0 bridgehead atoms. The molecule has 0 aliphatic heterocycles. The Bertz CT molecular complexity index is 1060. The second-order valence-electron chi connectivity index (χ2n) is 6.36. The number of nitrogens with zero attached hydrogens (tertiary/aromatic N) is 3. The van der Waals surface area contributed by atoms with Crippen LogP contribution in [-0.2, 0) is 35.4 Å². The molecule has 0 spiro atoms. The first-order chi connectivity index (χ1) is 13.1. The second-order valence-corrected chi connectivity index (χ2v) is 7.40. The van der Waals surface area contributed by atoms with Crippen molar-refractivity contribution >= 4 is 22.3 Å². The van der Waals surface area contributed by atoms with Gasteiger partial charge < -0.3 is 9.47 Å². The Morgan fingerprint density at radius 1 is 1.26 bits per heavy atom. The van der Waals surface area contributed by atoms with Crippen LogP contribution in [0.2, 0.25) is 0 Å². The van der Waals surface area contributed by atoms with E-state index in [4.69, 9.17) is 9.47 Å². The lowest BCUT2D eigenvalue weighted by molar-refractivity contribution is -0.147. The van der Waals surface area contributed by atoms with E-state index in [1.807, 2.05) is 19.1 Å². The SMILES string of the molecule is CCc1nn2c(=O)cc(COC(=O)COc3ccc4c(c3)CCC4)nc2s1. The smallest absolute Gasteiger partial charge is 0.344 e. The van der Waals surface area contributed by atoms with Crippen LogP contribution in [0, 0.1) is 0 Å². The monoisotopic (exact) mass is 385 g/mol. The minimum atomic E-state index is -0.504. The van der Waals surface area contributed by atoms with Crippen LogP contribution in [0.1, 0.15) is 35.2 Å². The van der Waals surface area contributed by atoms with E-state index < -0.39 is 5.97 Å². The van der Waals surface area contributed by atoms with Crippen LogP contribution in [0.4, 0.5) is 0 Å². The van der Waals surface area contributed by atoms with Crippen LogP contribution in [0.3, 0.4) is 0 Å². The zero-order valence-corrected chi connectivity index (χ0v) is 15.8. The van der Waals surface area contributed by atoms with E-state index >= 15 is 0 Å². The van der Waals surface area contributed by atoms with Gasteiger partial charge in [0.05, 0.1) is 5.69 Å². The largest absolute Gasteiger partial charge is 0.482 e. The third-order valence-electron chi connectivity index (χ3n) is 4.45. The molecule has 0 fully saturated rings. The van der Waals surface area contributed by atoms with Crippen LogP contribution in [0.25, 0.3) is 4.96 Å². The lowest BCUT2D eigenvalue weighted by Gasteiger charge is -2.08. The number of aryl methyl sites for hydroxylation is 3. The maximum absolute atomic E-state index is 12.1. The molecule has 2 heterocycles. The van der Waals surface area contributed by atoms with Crippen LogP contribution >= 0.6 is 11.3 Å². The maximum Gasteiger partial charge on any atom is 0.344 e. The minimum Gasteiger partial charge on any atom is -0.482 e. The Balaban J connectivity index is 1.35. The van der Waals surface area contributed by atoms with Gasteiger partial charge in [-0.1, -0.05) is 24.3 Å². The number of rotatable bonds is 6. The summed E-state index contributed by atoms with van der Waals surface area (Å²) < 4.78 is 12.0. The highest BCUT2D eigenvalue weighted by Crippen LogP contribution is 2.26. The number of hydrogen-bond acceptors (Lipinski definition) is 7. The molecule has 1 aromatic carbocycles. The molecule has 140 valence electrons. The highest BCUT2D eigenvalue weighted by Gasteiger charge is 2.13. The van der Waals surface area contributed by atoms with Crippen molar-refractivity contribution < 1.29 is 14.3 Å². The van der Waals surface area contributed by atoms with Gasteiger partial charge in [0.15, 0.2) is 6.61 Å². The van der Waals surface area contributed by atoms with E-state index in [1.165, 1.54) is 33.0 Å². The molecule has 0 radical (unpaired) electrons. The van der Waals surface area contributed by atoms with Gasteiger partial charge in [0.1, 0.15) is 17.4 Å². The normalized spacial score (nSPS) is 12.9. The second kappa shape index (κ2) is 7.48. The number of fused-ring (bicyclic) bond motifs is 2. The van der Waals surface area contributed by atoms with Gasteiger partial charge in [-0.2, -0.15) is 9.61 Å². The van der Waals surface area contributed by atoms with Gasteiger partial charge in [0, 0.05) is 6.07 Å². The molecule has 0 amide bonds.